The minimum Gasteiger partial charge on any atom is -0.348 e. The predicted molar refractivity (Wildman–Crippen MR) is 50.2 cm³/mol. The van der Waals surface area contributed by atoms with Crippen molar-refractivity contribution >= 4 is 5.91 Å². The fraction of sp³-hybridized carbons (Fsp3) is 0.900. The van der Waals surface area contributed by atoms with Gasteiger partial charge in [0, 0.05) is 5.54 Å². The van der Waals surface area contributed by atoms with Gasteiger partial charge in [0.05, 0.1) is 0 Å². The number of hydrogen-bond donors (Lipinski definition) is 1. The van der Waals surface area contributed by atoms with E-state index < -0.39 is 11.6 Å². The summed E-state index contributed by atoms with van der Waals surface area (Å²) in [6, 6.07) is 0. The molecule has 1 aliphatic rings. The molecule has 0 unspecified atom stereocenters. The molecular formula is C10H18FNO. The maximum absolute atomic E-state index is 13.2. The highest BCUT2D eigenvalue weighted by atomic mass is 19.1. The van der Waals surface area contributed by atoms with E-state index in [1.807, 2.05) is 6.92 Å². The lowest BCUT2D eigenvalue weighted by Gasteiger charge is -2.42. The van der Waals surface area contributed by atoms with Crippen molar-refractivity contribution in [3.8, 4) is 0 Å². The van der Waals surface area contributed by atoms with Crippen LogP contribution in [0, 0.1) is 0 Å². The molecule has 2 nitrogen and oxygen atoms in total. The lowest BCUT2D eigenvalue weighted by atomic mass is 9.74. The zero-order valence-corrected chi connectivity index (χ0v) is 8.61. The van der Waals surface area contributed by atoms with Gasteiger partial charge in [0.1, 0.15) is 0 Å². The zero-order chi connectivity index (χ0) is 10.1. The molecule has 0 saturated heterocycles. The summed E-state index contributed by atoms with van der Waals surface area (Å²) in [5.41, 5.74) is -1.85. The molecule has 1 rings (SSSR count). The van der Waals surface area contributed by atoms with E-state index in [1.165, 1.54) is 13.8 Å². The van der Waals surface area contributed by atoms with E-state index in [1.54, 1.807) is 0 Å². The normalized spacial score (nSPS) is 20.6. The van der Waals surface area contributed by atoms with Gasteiger partial charge in [-0.05, 0) is 39.5 Å². The van der Waals surface area contributed by atoms with Crippen molar-refractivity contribution in [2.45, 2.75) is 57.7 Å². The third-order valence-electron chi connectivity index (χ3n) is 2.91. The Morgan fingerprint density at radius 1 is 1.54 bits per heavy atom. The molecule has 0 aromatic rings. The van der Waals surface area contributed by atoms with Gasteiger partial charge in [-0.25, -0.2) is 4.39 Å². The van der Waals surface area contributed by atoms with Crippen LogP contribution in [0.1, 0.15) is 46.5 Å². The van der Waals surface area contributed by atoms with Crippen LogP contribution in [0.3, 0.4) is 0 Å². The Labute approximate surface area is 78.9 Å². The molecule has 0 aromatic heterocycles. The van der Waals surface area contributed by atoms with Crippen molar-refractivity contribution < 1.29 is 9.18 Å². The standard InChI is InChI=1S/C10H18FNO/c1-4-10(6-5-7-10)12-8(13)9(2,3)11/h4-7H2,1-3H3,(H,12,13). The summed E-state index contributed by atoms with van der Waals surface area (Å²) in [6.07, 6.45) is 4.02. The summed E-state index contributed by atoms with van der Waals surface area (Å²) in [5, 5.41) is 2.81. The van der Waals surface area contributed by atoms with E-state index in [0.29, 0.717) is 0 Å². The fourth-order valence-electron chi connectivity index (χ4n) is 1.56. The summed E-state index contributed by atoms with van der Waals surface area (Å²) in [6.45, 7) is 4.62. The van der Waals surface area contributed by atoms with E-state index >= 15 is 0 Å². The number of halogens is 1. The Bertz CT molecular complexity index is 198. The van der Waals surface area contributed by atoms with Gasteiger partial charge < -0.3 is 5.32 Å². The number of rotatable bonds is 3. The van der Waals surface area contributed by atoms with Crippen molar-refractivity contribution in [3.63, 3.8) is 0 Å². The first-order chi connectivity index (χ1) is 5.90. The number of alkyl halides is 1. The molecular weight excluding hydrogens is 169 g/mol. The topological polar surface area (TPSA) is 29.1 Å². The van der Waals surface area contributed by atoms with Gasteiger partial charge >= 0.3 is 0 Å². The van der Waals surface area contributed by atoms with Crippen molar-refractivity contribution in [2.24, 2.45) is 0 Å². The Kier molecular flexibility index (Phi) is 2.64. The van der Waals surface area contributed by atoms with Gasteiger partial charge in [-0.3, -0.25) is 4.79 Å². The molecule has 0 aliphatic heterocycles. The number of hydrogen-bond acceptors (Lipinski definition) is 1. The maximum atomic E-state index is 13.2. The third kappa shape index (κ3) is 2.20. The van der Waals surface area contributed by atoms with E-state index in [-0.39, 0.29) is 5.54 Å². The van der Waals surface area contributed by atoms with Gasteiger partial charge in [-0.1, -0.05) is 6.92 Å². The highest BCUT2D eigenvalue weighted by Crippen LogP contribution is 2.35. The minimum absolute atomic E-state index is 0.0968. The Hall–Kier alpha value is -0.600. The average molecular weight is 187 g/mol. The van der Waals surface area contributed by atoms with Crippen LogP contribution < -0.4 is 5.32 Å². The number of carbonyl (C=O) groups is 1. The summed E-state index contributed by atoms with van der Waals surface area (Å²) in [7, 11) is 0. The second-order valence-electron chi connectivity index (χ2n) is 4.41. The molecule has 0 spiro atoms. The molecule has 0 heterocycles. The SMILES string of the molecule is CCC1(NC(=O)C(C)(C)F)CCC1. The molecule has 0 aromatic carbocycles. The molecule has 76 valence electrons. The Balaban J connectivity index is 2.52. The van der Waals surface area contributed by atoms with Crippen LogP contribution in [0.4, 0.5) is 4.39 Å². The van der Waals surface area contributed by atoms with E-state index in [0.717, 1.165) is 25.7 Å². The van der Waals surface area contributed by atoms with Gasteiger partial charge in [0.15, 0.2) is 5.67 Å². The molecule has 1 aliphatic carbocycles. The van der Waals surface area contributed by atoms with Crippen LogP contribution in [0.15, 0.2) is 0 Å². The smallest absolute Gasteiger partial charge is 0.257 e. The van der Waals surface area contributed by atoms with E-state index in [9.17, 15) is 9.18 Å². The second-order valence-corrected chi connectivity index (χ2v) is 4.41. The molecule has 3 heteroatoms. The van der Waals surface area contributed by atoms with Gasteiger partial charge in [0.2, 0.25) is 0 Å². The highest BCUT2D eigenvalue weighted by molar-refractivity contribution is 5.84. The lowest BCUT2D eigenvalue weighted by Crippen LogP contribution is -2.56. The second kappa shape index (κ2) is 3.28. The van der Waals surface area contributed by atoms with Gasteiger partial charge in [0.25, 0.3) is 5.91 Å². The number of nitrogens with one attached hydrogen (secondary N) is 1. The first-order valence-corrected chi connectivity index (χ1v) is 4.91. The third-order valence-corrected chi connectivity index (χ3v) is 2.91. The van der Waals surface area contributed by atoms with Crippen LogP contribution >= 0.6 is 0 Å². The molecule has 1 amide bonds. The Morgan fingerprint density at radius 2 is 2.08 bits per heavy atom. The predicted octanol–water partition coefficient (Wildman–Crippen LogP) is 2.18. The van der Waals surface area contributed by atoms with Crippen LogP contribution in [-0.4, -0.2) is 17.1 Å². The highest BCUT2D eigenvalue weighted by Gasteiger charge is 2.40. The quantitative estimate of drug-likeness (QED) is 0.721. The van der Waals surface area contributed by atoms with Crippen LogP contribution in [-0.2, 0) is 4.79 Å². The van der Waals surface area contributed by atoms with Gasteiger partial charge in [-0.2, -0.15) is 0 Å². The molecule has 1 saturated carbocycles. The zero-order valence-electron chi connectivity index (χ0n) is 8.61. The summed E-state index contributed by atoms with van der Waals surface area (Å²) < 4.78 is 13.2. The average Bonchev–Trinajstić information content (AvgIpc) is 1.94. The maximum Gasteiger partial charge on any atom is 0.257 e. The molecule has 1 fully saturated rings. The number of amides is 1. The number of carbonyl (C=O) groups excluding carboxylic acids is 1. The first-order valence-electron chi connectivity index (χ1n) is 4.91. The Morgan fingerprint density at radius 3 is 2.31 bits per heavy atom. The van der Waals surface area contributed by atoms with Crippen molar-refractivity contribution in [2.75, 3.05) is 0 Å². The monoisotopic (exact) mass is 187 g/mol. The van der Waals surface area contributed by atoms with Crippen LogP contribution in [0.5, 0.6) is 0 Å². The van der Waals surface area contributed by atoms with Crippen LogP contribution in [0.2, 0.25) is 0 Å². The largest absolute Gasteiger partial charge is 0.348 e. The van der Waals surface area contributed by atoms with Crippen molar-refractivity contribution in [1.82, 2.24) is 5.32 Å². The molecule has 0 bridgehead atoms. The summed E-state index contributed by atoms with van der Waals surface area (Å²) in [4.78, 5) is 11.3. The molecule has 1 N–H and O–H groups in total. The molecule has 0 atom stereocenters. The fourth-order valence-corrected chi connectivity index (χ4v) is 1.56. The first kappa shape index (κ1) is 10.5. The van der Waals surface area contributed by atoms with Gasteiger partial charge in [-0.15, -0.1) is 0 Å². The van der Waals surface area contributed by atoms with Crippen LogP contribution in [0.25, 0.3) is 0 Å². The molecule has 13 heavy (non-hydrogen) atoms. The lowest BCUT2D eigenvalue weighted by molar-refractivity contribution is -0.134. The summed E-state index contributed by atoms with van der Waals surface area (Å²) >= 11 is 0. The molecule has 0 radical (unpaired) electrons. The van der Waals surface area contributed by atoms with Crippen molar-refractivity contribution in [1.29, 1.82) is 0 Å². The van der Waals surface area contributed by atoms with Crippen molar-refractivity contribution in [3.05, 3.63) is 0 Å². The van der Waals surface area contributed by atoms with E-state index in [2.05, 4.69) is 5.32 Å². The minimum atomic E-state index is -1.75. The summed E-state index contributed by atoms with van der Waals surface area (Å²) in [5.74, 6) is -0.478. The van der Waals surface area contributed by atoms with E-state index in [4.69, 9.17) is 0 Å².